The second-order valence-corrected chi connectivity index (χ2v) is 9.91. The number of aromatic amines is 1. The number of nitrogens with one attached hydrogen (secondary N) is 2. The summed E-state index contributed by atoms with van der Waals surface area (Å²) in [4.78, 5) is 16.5. The van der Waals surface area contributed by atoms with Gasteiger partial charge in [-0.15, -0.1) is 11.3 Å². The summed E-state index contributed by atoms with van der Waals surface area (Å²) in [6.45, 7) is 4.23. The first-order chi connectivity index (χ1) is 16.6. The van der Waals surface area contributed by atoms with Gasteiger partial charge in [-0.1, -0.05) is 13.0 Å². The number of likely N-dealkylation sites (tertiary alicyclic amines) is 1. The van der Waals surface area contributed by atoms with Crippen molar-refractivity contribution >= 4 is 28.1 Å². The first kappa shape index (κ1) is 22.6. The first-order valence-electron chi connectivity index (χ1n) is 11.9. The summed E-state index contributed by atoms with van der Waals surface area (Å²) in [5.41, 5.74) is 3.36. The van der Waals surface area contributed by atoms with Crippen molar-refractivity contribution in [1.82, 2.24) is 20.4 Å². The van der Waals surface area contributed by atoms with Crippen LogP contribution >= 0.6 is 11.3 Å². The highest BCUT2D eigenvalue weighted by atomic mass is 32.1. The highest BCUT2D eigenvalue weighted by molar-refractivity contribution is 7.10. The molecule has 0 spiro atoms. The third kappa shape index (κ3) is 4.86. The van der Waals surface area contributed by atoms with Gasteiger partial charge in [-0.2, -0.15) is 5.10 Å². The maximum Gasteiger partial charge on any atom is 0.251 e. The number of thiophene rings is 1. The molecule has 0 saturated carbocycles. The highest BCUT2D eigenvalue weighted by Gasteiger charge is 2.19. The zero-order valence-electron chi connectivity index (χ0n) is 19.6. The zero-order valence-corrected chi connectivity index (χ0v) is 20.4. The quantitative estimate of drug-likeness (QED) is 0.363. The number of carbonyl (C=O) groups is 1. The molecule has 3 heterocycles. The average Bonchev–Trinajstić information content (AvgIpc) is 3.54. The number of rotatable bonds is 7. The van der Waals surface area contributed by atoms with E-state index in [-0.39, 0.29) is 18.1 Å². The van der Waals surface area contributed by atoms with Crippen LogP contribution in [0.2, 0.25) is 0 Å². The van der Waals surface area contributed by atoms with Crippen LogP contribution in [0.25, 0.3) is 22.2 Å². The molecule has 176 valence electrons. The first-order valence-corrected chi connectivity index (χ1v) is 12.8. The Morgan fingerprint density at radius 2 is 2.00 bits per heavy atom. The minimum absolute atomic E-state index is 0.0177. The molecule has 6 nitrogen and oxygen atoms in total. The summed E-state index contributed by atoms with van der Waals surface area (Å²) in [5, 5.41) is 13.8. The van der Waals surface area contributed by atoms with Gasteiger partial charge in [-0.05, 0) is 80.2 Å². The Morgan fingerprint density at radius 3 is 2.71 bits per heavy atom. The van der Waals surface area contributed by atoms with Crippen LogP contribution in [0.4, 0.5) is 0 Å². The Labute approximate surface area is 203 Å². The van der Waals surface area contributed by atoms with Gasteiger partial charge in [0, 0.05) is 34.5 Å². The predicted molar refractivity (Wildman–Crippen MR) is 137 cm³/mol. The number of ether oxygens (including phenoxy) is 1. The maximum absolute atomic E-state index is 13.0. The molecule has 7 heteroatoms. The van der Waals surface area contributed by atoms with Crippen molar-refractivity contribution < 1.29 is 9.53 Å². The molecule has 2 N–H and O–H groups in total. The zero-order chi connectivity index (χ0) is 23.5. The molecule has 1 fully saturated rings. The minimum Gasteiger partial charge on any atom is -0.490 e. The molecule has 1 unspecified atom stereocenters. The lowest BCUT2D eigenvalue weighted by atomic mass is 10.0. The summed E-state index contributed by atoms with van der Waals surface area (Å²) in [5.74, 6) is 0.813. The Bertz CT molecular complexity index is 1240. The number of fused-ring (bicyclic) bond motifs is 1. The van der Waals surface area contributed by atoms with Gasteiger partial charge in [0.25, 0.3) is 5.91 Å². The summed E-state index contributed by atoms with van der Waals surface area (Å²) < 4.78 is 6.19. The monoisotopic (exact) mass is 474 g/mol. The van der Waals surface area contributed by atoms with Gasteiger partial charge in [0.15, 0.2) is 0 Å². The van der Waals surface area contributed by atoms with E-state index in [9.17, 15) is 4.79 Å². The number of H-pyrrole nitrogens is 1. The van der Waals surface area contributed by atoms with E-state index in [1.165, 1.54) is 4.88 Å². The van der Waals surface area contributed by atoms with Crippen LogP contribution in [0.3, 0.4) is 0 Å². The lowest BCUT2D eigenvalue weighted by molar-refractivity contribution is 0.0936. The van der Waals surface area contributed by atoms with Gasteiger partial charge < -0.3 is 15.0 Å². The number of aromatic nitrogens is 2. The predicted octanol–water partition coefficient (Wildman–Crippen LogP) is 5.65. The van der Waals surface area contributed by atoms with Gasteiger partial charge in [0.1, 0.15) is 11.9 Å². The van der Waals surface area contributed by atoms with Crippen molar-refractivity contribution in [2.24, 2.45) is 0 Å². The number of hydrogen-bond acceptors (Lipinski definition) is 5. The molecule has 1 saturated heterocycles. The lowest BCUT2D eigenvalue weighted by Gasteiger charge is -2.29. The van der Waals surface area contributed by atoms with Crippen LogP contribution in [0.1, 0.15) is 47.5 Å². The van der Waals surface area contributed by atoms with Gasteiger partial charge in [-0.25, -0.2) is 0 Å². The summed E-state index contributed by atoms with van der Waals surface area (Å²) >= 11 is 1.67. The largest absolute Gasteiger partial charge is 0.490 e. The normalized spacial score (nSPS) is 15.9. The fourth-order valence-corrected chi connectivity index (χ4v) is 5.33. The second-order valence-electron chi connectivity index (χ2n) is 8.93. The van der Waals surface area contributed by atoms with Crippen molar-refractivity contribution in [3.8, 4) is 17.0 Å². The number of amides is 1. The van der Waals surface area contributed by atoms with Crippen molar-refractivity contribution in [2.45, 2.75) is 38.3 Å². The molecule has 4 aromatic rings. The third-order valence-electron chi connectivity index (χ3n) is 6.52. The number of nitrogens with zero attached hydrogens (tertiary/aromatic N) is 2. The molecular weight excluding hydrogens is 444 g/mol. The van der Waals surface area contributed by atoms with Crippen LogP contribution in [0, 0.1) is 0 Å². The van der Waals surface area contributed by atoms with E-state index >= 15 is 0 Å². The molecular formula is C27H30N4O2S. The second kappa shape index (κ2) is 9.99. The van der Waals surface area contributed by atoms with Gasteiger partial charge >= 0.3 is 0 Å². The summed E-state index contributed by atoms with van der Waals surface area (Å²) in [6, 6.07) is 17.9. The number of hydrogen-bond donors (Lipinski definition) is 2. The fraction of sp³-hybridized carbons (Fsp3) is 0.333. The molecule has 0 radical (unpaired) electrons. The smallest absolute Gasteiger partial charge is 0.251 e. The molecule has 34 heavy (non-hydrogen) atoms. The van der Waals surface area contributed by atoms with E-state index < -0.39 is 0 Å². The van der Waals surface area contributed by atoms with Crippen LogP contribution in [-0.2, 0) is 0 Å². The van der Waals surface area contributed by atoms with Crippen LogP contribution in [0.5, 0.6) is 5.75 Å². The van der Waals surface area contributed by atoms with E-state index in [2.05, 4.69) is 40.5 Å². The van der Waals surface area contributed by atoms with Crippen molar-refractivity contribution in [1.29, 1.82) is 0 Å². The highest BCUT2D eigenvalue weighted by Crippen LogP contribution is 2.30. The van der Waals surface area contributed by atoms with Gasteiger partial charge in [-0.3, -0.25) is 9.89 Å². The molecule has 2 aromatic heterocycles. The average molecular weight is 475 g/mol. The minimum atomic E-state index is -0.0730. The Kier molecular flexibility index (Phi) is 6.65. The lowest BCUT2D eigenvalue weighted by Crippen LogP contribution is -2.35. The van der Waals surface area contributed by atoms with E-state index in [0.29, 0.717) is 5.56 Å². The van der Waals surface area contributed by atoms with E-state index in [0.717, 1.165) is 60.3 Å². The molecule has 0 aliphatic carbocycles. The fourth-order valence-electron chi connectivity index (χ4n) is 4.47. The van der Waals surface area contributed by atoms with Crippen LogP contribution < -0.4 is 10.1 Å². The number of piperidine rings is 1. The van der Waals surface area contributed by atoms with E-state index in [1.54, 1.807) is 11.3 Å². The number of benzene rings is 2. The molecule has 5 rings (SSSR count). The Hall–Kier alpha value is -3.16. The third-order valence-corrected chi connectivity index (χ3v) is 7.51. The van der Waals surface area contributed by atoms with Crippen LogP contribution in [-0.4, -0.2) is 47.2 Å². The Balaban J connectivity index is 1.33. The maximum atomic E-state index is 13.0. The molecule has 2 aromatic carbocycles. The van der Waals surface area contributed by atoms with E-state index in [1.807, 2.05) is 53.9 Å². The summed E-state index contributed by atoms with van der Waals surface area (Å²) in [6.07, 6.45) is 3.23. The van der Waals surface area contributed by atoms with Crippen LogP contribution in [0.15, 0.2) is 60.0 Å². The number of carbonyl (C=O) groups excluding carboxylic acids is 1. The Morgan fingerprint density at radius 1 is 1.21 bits per heavy atom. The van der Waals surface area contributed by atoms with Crippen molar-refractivity contribution in [2.75, 3.05) is 20.1 Å². The van der Waals surface area contributed by atoms with Crippen molar-refractivity contribution in [3.63, 3.8) is 0 Å². The molecule has 1 aliphatic rings. The standard InChI is InChI=1S/C27H30N4O2S/c1-3-23(25-5-4-16-34-25)28-27(32)19-8-11-24-22(17-19)26(30-29-24)18-6-9-20(10-7-18)33-21-12-14-31(2)15-13-21/h4-11,16-17,21,23H,3,12-15H2,1-2H3,(H,28,32)(H,29,30). The summed E-state index contributed by atoms with van der Waals surface area (Å²) in [7, 11) is 2.15. The van der Waals surface area contributed by atoms with Gasteiger partial charge in [0.05, 0.1) is 17.3 Å². The van der Waals surface area contributed by atoms with E-state index in [4.69, 9.17) is 4.74 Å². The molecule has 1 aliphatic heterocycles. The molecule has 1 atom stereocenters. The van der Waals surface area contributed by atoms with Gasteiger partial charge in [0.2, 0.25) is 0 Å². The topological polar surface area (TPSA) is 70.2 Å². The SMILES string of the molecule is CCC(NC(=O)c1ccc2[nH]nc(-c3ccc(OC4CCN(C)CC4)cc3)c2c1)c1cccs1. The molecule has 0 bridgehead atoms. The molecule has 1 amide bonds. The van der Waals surface area contributed by atoms with Crippen molar-refractivity contribution in [3.05, 3.63) is 70.4 Å².